The van der Waals surface area contributed by atoms with Crippen LogP contribution in [0.5, 0.6) is 6.01 Å². The van der Waals surface area contributed by atoms with Crippen LogP contribution in [0.4, 0.5) is 25.7 Å². The number of hydrogen-bond donors (Lipinski definition) is 1. The smallest absolute Gasteiger partial charge is 0.323 e. The second-order valence-corrected chi connectivity index (χ2v) is 13.2. The second-order valence-electron chi connectivity index (χ2n) is 12.1. The van der Waals surface area contributed by atoms with Crippen molar-refractivity contribution in [3.05, 3.63) is 27.9 Å². The van der Waals surface area contributed by atoms with Crippen molar-refractivity contribution in [1.82, 2.24) is 19.9 Å². The zero-order valence-corrected chi connectivity index (χ0v) is 23.5. The molecular formula is C28H31F2N9OS. The average molecular weight is 580 g/mol. The van der Waals surface area contributed by atoms with Gasteiger partial charge >= 0.3 is 6.01 Å². The lowest BCUT2D eigenvalue weighted by molar-refractivity contribution is 0.107. The molecule has 214 valence electrons. The lowest BCUT2D eigenvalue weighted by atomic mass is 9.74. The van der Waals surface area contributed by atoms with Crippen molar-refractivity contribution >= 4 is 28.2 Å². The number of hydrogen-bond acceptors (Lipinski definition) is 11. The van der Waals surface area contributed by atoms with E-state index >= 15 is 0 Å². The first-order chi connectivity index (χ1) is 19.8. The van der Waals surface area contributed by atoms with Gasteiger partial charge in [-0.25, -0.2) is 8.78 Å². The number of fused-ring (bicyclic) bond motifs is 3. The van der Waals surface area contributed by atoms with E-state index in [1.165, 1.54) is 22.3 Å². The van der Waals surface area contributed by atoms with E-state index in [1.807, 2.05) is 4.90 Å². The molecule has 0 bridgehead atoms. The molecule has 2 aromatic heterocycles. The molecule has 1 aliphatic carbocycles. The quantitative estimate of drug-likeness (QED) is 0.544. The molecule has 10 nitrogen and oxygen atoms in total. The van der Waals surface area contributed by atoms with E-state index in [-0.39, 0.29) is 54.2 Å². The highest BCUT2D eigenvalue weighted by Crippen LogP contribution is 2.52. The summed E-state index contributed by atoms with van der Waals surface area (Å²) < 4.78 is 35.2. The van der Waals surface area contributed by atoms with Crippen LogP contribution in [0.25, 0.3) is 0 Å². The number of aromatic nitrogens is 3. The summed E-state index contributed by atoms with van der Waals surface area (Å²) in [6.07, 6.45) is 4.93. The van der Waals surface area contributed by atoms with E-state index in [1.54, 1.807) is 4.90 Å². The van der Waals surface area contributed by atoms with Gasteiger partial charge in [0.25, 0.3) is 0 Å². The Hall–Kier alpha value is -3.55. The largest absolute Gasteiger partial charge is 0.461 e. The highest BCUT2D eigenvalue weighted by molar-refractivity contribution is 7.16. The molecule has 5 aliphatic rings. The van der Waals surface area contributed by atoms with Crippen LogP contribution in [0.1, 0.15) is 48.1 Å². The van der Waals surface area contributed by atoms with Crippen molar-refractivity contribution < 1.29 is 13.5 Å². The van der Waals surface area contributed by atoms with Gasteiger partial charge < -0.3 is 20.3 Å². The van der Waals surface area contributed by atoms with E-state index < -0.39 is 6.17 Å². The van der Waals surface area contributed by atoms with Gasteiger partial charge in [-0.05, 0) is 43.9 Å². The fourth-order valence-electron chi connectivity index (χ4n) is 7.58. The normalized spacial score (nSPS) is 28.1. The van der Waals surface area contributed by atoms with Crippen LogP contribution in [0.15, 0.2) is 11.9 Å². The number of alkyl halides is 1. The number of halogens is 2. The second kappa shape index (κ2) is 9.78. The van der Waals surface area contributed by atoms with Crippen LogP contribution in [-0.4, -0.2) is 77.4 Å². The Kier molecular flexibility index (Phi) is 6.28. The predicted molar refractivity (Wildman–Crippen MR) is 149 cm³/mol. The summed E-state index contributed by atoms with van der Waals surface area (Å²) in [4.78, 5) is 21.1. The Labute approximate surface area is 241 Å². The standard InChI is InChI=1S/C28H31F2N9OS/c29-18-8-17(3-6-31)11-37(12-18)24-34-25(36-26(35-24)40-16-28-4-1-7-39(28)13-19(30)9-28)38-14-27(15-38)5-2-21-22(27)20(10-32)23(33)41-21/h8,17,19H,1-5,7,9,11-16,33H2/t17?,19?,28-/m0/s1. The van der Waals surface area contributed by atoms with E-state index in [0.717, 1.165) is 37.8 Å². The van der Waals surface area contributed by atoms with Crippen LogP contribution < -0.4 is 20.3 Å². The molecule has 0 saturated carbocycles. The molecule has 7 rings (SSSR count). The molecule has 3 saturated heterocycles. The van der Waals surface area contributed by atoms with Crippen LogP contribution in [0.3, 0.4) is 0 Å². The fraction of sp³-hybridized carbons (Fsp3) is 0.607. The number of nitrogen functional groups attached to an aromatic ring is 1. The van der Waals surface area contributed by atoms with Gasteiger partial charge in [0.05, 0.1) is 23.7 Å². The van der Waals surface area contributed by atoms with Gasteiger partial charge in [-0.2, -0.15) is 25.5 Å². The zero-order valence-electron chi connectivity index (χ0n) is 22.7. The maximum Gasteiger partial charge on any atom is 0.323 e. The van der Waals surface area contributed by atoms with E-state index in [4.69, 9.17) is 15.5 Å². The van der Waals surface area contributed by atoms with Gasteiger partial charge in [0.1, 0.15) is 29.7 Å². The lowest BCUT2D eigenvalue weighted by Crippen LogP contribution is -2.59. The number of anilines is 3. The minimum Gasteiger partial charge on any atom is -0.461 e. The molecule has 4 aliphatic heterocycles. The summed E-state index contributed by atoms with van der Waals surface area (Å²) in [6, 6.07) is 4.55. The van der Waals surface area contributed by atoms with E-state index in [0.29, 0.717) is 49.1 Å². The molecule has 3 fully saturated rings. The minimum absolute atomic E-state index is 0.000917. The molecule has 41 heavy (non-hydrogen) atoms. The number of ether oxygens (including phenoxy) is 1. The SMILES string of the molecule is N#CCC1C=C(F)CN(c2nc(OC[C@@]34CCCN3CC(F)C4)nc(N3CC4(CCc5sc(N)c(C#N)c54)C3)n2)C1. The molecule has 2 unspecified atom stereocenters. The summed E-state index contributed by atoms with van der Waals surface area (Å²) in [5, 5.41) is 19.5. The van der Waals surface area contributed by atoms with E-state index in [9.17, 15) is 19.3 Å². The van der Waals surface area contributed by atoms with Crippen molar-refractivity contribution in [3.63, 3.8) is 0 Å². The molecule has 6 heterocycles. The van der Waals surface area contributed by atoms with Crippen molar-refractivity contribution in [2.75, 3.05) is 61.4 Å². The summed E-state index contributed by atoms with van der Waals surface area (Å²) in [5.74, 6) is 0.106. The van der Waals surface area contributed by atoms with Crippen molar-refractivity contribution in [3.8, 4) is 18.1 Å². The topological polar surface area (TPSA) is 131 Å². The molecule has 13 heteroatoms. The number of rotatable bonds is 6. The Morgan fingerprint density at radius 1 is 1.15 bits per heavy atom. The third-order valence-electron chi connectivity index (χ3n) is 9.42. The van der Waals surface area contributed by atoms with Crippen molar-refractivity contribution in [2.45, 2.75) is 55.7 Å². The number of thiophene rings is 1. The van der Waals surface area contributed by atoms with Crippen LogP contribution >= 0.6 is 11.3 Å². The van der Waals surface area contributed by atoms with Gasteiger partial charge in [-0.15, -0.1) is 11.3 Å². The molecule has 1 spiro atoms. The first-order valence-electron chi connectivity index (χ1n) is 14.1. The van der Waals surface area contributed by atoms with Gasteiger partial charge in [-0.1, -0.05) is 0 Å². The summed E-state index contributed by atoms with van der Waals surface area (Å²) in [7, 11) is 0. The van der Waals surface area contributed by atoms with Gasteiger partial charge in [-0.3, -0.25) is 4.90 Å². The van der Waals surface area contributed by atoms with Crippen LogP contribution in [0, 0.1) is 28.6 Å². The maximum absolute atomic E-state index is 14.6. The van der Waals surface area contributed by atoms with Crippen LogP contribution in [0.2, 0.25) is 0 Å². The third-order valence-corrected chi connectivity index (χ3v) is 10.5. The van der Waals surface area contributed by atoms with E-state index in [2.05, 4.69) is 27.0 Å². The molecule has 3 atom stereocenters. The Balaban J connectivity index is 1.17. The van der Waals surface area contributed by atoms with Crippen molar-refractivity contribution in [1.29, 1.82) is 10.5 Å². The Bertz CT molecular complexity index is 1490. The van der Waals surface area contributed by atoms with Crippen LogP contribution in [-0.2, 0) is 11.8 Å². The zero-order chi connectivity index (χ0) is 28.4. The monoisotopic (exact) mass is 579 g/mol. The first kappa shape index (κ1) is 26.4. The minimum atomic E-state index is -0.874. The fourth-order valence-corrected chi connectivity index (χ4v) is 8.72. The van der Waals surface area contributed by atoms with Gasteiger partial charge in [0, 0.05) is 55.2 Å². The maximum atomic E-state index is 14.6. The molecule has 0 radical (unpaired) electrons. The highest BCUT2D eigenvalue weighted by atomic mass is 32.1. The Morgan fingerprint density at radius 3 is 2.73 bits per heavy atom. The molecule has 0 amide bonds. The number of nitrogens with zero attached hydrogens (tertiary/aromatic N) is 8. The predicted octanol–water partition coefficient (Wildman–Crippen LogP) is 3.25. The summed E-state index contributed by atoms with van der Waals surface area (Å²) in [5.41, 5.74) is 7.26. The summed E-state index contributed by atoms with van der Waals surface area (Å²) in [6.45, 7) is 3.20. The number of nitrogens with two attached hydrogens (primary N) is 1. The number of aryl methyl sites for hydroxylation is 1. The van der Waals surface area contributed by atoms with Crippen molar-refractivity contribution in [2.24, 2.45) is 5.92 Å². The third kappa shape index (κ3) is 4.37. The van der Waals surface area contributed by atoms with Gasteiger partial charge in [0.15, 0.2) is 0 Å². The van der Waals surface area contributed by atoms with Gasteiger partial charge in [0.2, 0.25) is 11.9 Å². The molecule has 2 N–H and O–H groups in total. The number of nitriles is 2. The summed E-state index contributed by atoms with van der Waals surface area (Å²) >= 11 is 1.50. The highest BCUT2D eigenvalue weighted by Gasteiger charge is 2.52. The Morgan fingerprint density at radius 2 is 1.95 bits per heavy atom. The lowest BCUT2D eigenvalue weighted by Gasteiger charge is -2.48. The average Bonchev–Trinajstić information content (AvgIpc) is 3.64. The first-order valence-corrected chi connectivity index (χ1v) is 15.0. The molecule has 0 aromatic carbocycles. The molecular weight excluding hydrogens is 548 g/mol. The molecule has 2 aromatic rings.